The molecule has 1 aliphatic rings. The molecule has 4 N–H and O–H groups in total. The lowest BCUT2D eigenvalue weighted by Crippen LogP contribution is -2.52. The summed E-state index contributed by atoms with van der Waals surface area (Å²) >= 11 is 0. The number of phenols is 1. The van der Waals surface area contributed by atoms with Gasteiger partial charge in [-0.2, -0.15) is 0 Å². The van der Waals surface area contributed by atoms with Crippen molar-refractivity contribution in [1.29, 1.82) is 0 Å². The first-order valence-corrected chi connectivity index (χ1v) is 9.53. The van der Waals surface area contributed by atoms with Crippen LogP contribution in [0.25, 0.3) is 0 Å². The summed E-state index contributed by atoms with van der Waals surface area (Å²) in [7, 11) is 0. The summed E-state index contributed by atoms with van der Waals surface area (Å²) in [5.74, 6) is 0.764. The highest BCUT2D eigenvalue weighted by Crippen LogP contribution is 2.27. The van der Waals surface area contributed by atoms with Gasteiger partial charge < -0.3 is 26.0 Å². The quantitative estimate of drug-likeness (QED) is 0.542. The summed E-state index contributed by atoms with van der Waals surface area (Å²) in [5.41, 5.74) is 7.68. The average Bonchev–Trinajstić information content (AvgIpc) is 2.72. The number of benzene rings is 2. The molecule has 0 spiro atoms. The predicted octanol–water partition coefficient (Wildman–Crippen LogP) is 1.78. The van der Waals surface area contributed by atoms with E-state index in [0.717, 1.165) is 49.9 Å². The number of anilines is 1. The van der Waals surface area contributed by atoms with Crippen LogP contribution in [0.3, 0.4) is 0 Å². The van der Waals surface area contributed by atoms with Crippen LogP contribution in [0.15, 0.2) is 53.5 Å². The van der Waals surface area contributed by atoms with E-state index < -0.39 is 5.91 Å². The Morgan fingerprint density at radius 3 is 2.39 bits per heavy atom. The van der Waals surface area contributed by atoms with Crippen LogP contribution in [0.2, 0.25) is 0 Å². The Balaban J connectivity index is 1.63. The van der Waals surface area contributed by atoms with Gasteiger partial charge in [-0.25, -0.2) is 4.99 Å². The molecule has 1 heterocycles. The molecule has 148 valence electrons. The van der Waals surface area contributed by atoms with Crippen LogP contribution >= 0.6 is 0 Å². The number of rotatable bonds is 5. The van der Waals surface area contributed by atoms with Crippen LogP contribution in [0, 0.1) is 0 Å². The molecular formula is C21H27N5O2. The third-order valence-corrected chi connectivity index (χ3v) is 4.79. The summed E-state index contributed by atoms with van der Waals surface area (Å²) in [4.78, 5) is 20.3. The molecule has 7 heteroatoms. The van der Waals surface area contributed by atoms with Crippen molar-refractivity contribution in [3.05, 3.63) is 59.7 Å². The predicted molar refractivity (Wildman–Crippen MR) is 112 cm³/mol. The number of amides is 1. The lowest BCUT2D eigenvalue weighted by molar-refractivity contribution is 0.100. The minimum absolute atomic E-state index is 0.316. The highest BCUT2D eigenvalue weighted by atomic mass is 16.3. The Labute approximate surface area is 165 Å². The van der Waals surface area contributed by atoms with Crippen molar-refractivity contribution in [3.63, 3.8) is 0 Å². The van der Waals surface area contributed by atoms with Gasteiger partial charge >= 0.3 is 0 Å². The molecule has 7 nitrogen and oxygen atoms in total. The van der Waals surface area contributed by atoms with Crippen LogP contribution in [-0.2, 0) is 6.54 Å². The van der Waals surface area contributed by atoms with Crippen LogP contribution < -0.4 is 16.0 Å². The maximum atomic E-state index is 11.2. The van der Waals surface area contributed by atoms with E-state index in [9.17, 15) is 9.90 Å². The van der Waals surface area contributed by atoms with Crippen LogP contribution in [0.1, 0.15) is 22.8 Å². The van der Waals surface area contributed by atoms with Crippen molar-refractivity contribution in [1.82, 2.24) is 10.2 Å². The first kappa shape index (κ1) is 19.5. The first-order chi connectivity index (χ1) is 13.6. The second-order valence-electron chi connectivity index (χ2n) is 6.69. The Morgan fingerprint density at radius 2 is 1.79 bits per heavy atom. The van der Waals surface area contributed by atoms with Gasteiger partial charge in [-0.05, 0) is 36.8 Å². The molecular weight excluding hydrogens is 354 g/mol. The van der Waals surface area contributed by atoms with E-state index in [4.69, 9.17) is 10.7 Å². The summed E-state index contributed by atoms with van der Waals surface area (Å²) in [6.45, 7) is 6.64. The SMILES string of the molecule is CCNC(=NCc1ccc(C(N)=O)cc1)N1CCN(c2ccccc2O)CC1. The Hall–Kier alpha value is -3.22. The smallest absolute Gasteiger partial charge is 0.248 e. The fourth-order valence-electron chi connectivity index (χ4n) is 3.26. The molecule has 0 radical (unpaired) electrons. The number of primary amides is 1. The van der Waals surface area contributed by atoms with Gasteiger partial charge in [0.1, 0.15) is 5.75 Å². The lowest BCUT2D eigenvalue weighted by atomic mass is 10.1. The number of phenolic OH excluding ortho intramolecular Hbond substituents is 1. The number of piperazine rings is 1. The first-order valence-electron chi connectivity index (χ1n) is 9.53. The molecule has 0 saturated carbocycles. The van der Waals surface area contributed by atoms with E-state index in [1.54, 1.807) is 18.2 Å². The van der Waals surface area contributed by atoms with Gasteiger partial charge in [-0.15, -0.1) is 0 Å². The van der Waals surface area contributed by atoms with E-state index in [0.29, 0.717) is 17.9 Å². The van der Waals surface area contributed by atoms with Crippen molar-refractivity contribution in [2.45, 2.75) is 13.5 Å². The highest BCUT2D eigenvalue weighted by Gasteiger charge is 2.21. The Morgan fingerprint density at radius 1 is 1.11 bits per heavy atom. The van der Waals surface area contributed by atoms with Gasteiger partial charge in [0.2, 0.25) is 5.91 Å². The number of nitrogens with one attached hydrogen (secondary N) is 1. The normalized spacial score (nSPS) is 14.8. The summed E-state index contributed by atoms with van der Waals surface area (Å²) in [5, 5.41) is 13.4. The number of hydrogen-bond donors (Lipinski definition) is 3. The van der Waals surface area contributed by atoms with E-state index in [2.05, 4.69) is 22.0 Å². The number of nitrogens with zero attached hydrogens (tertiary/aromatic N) is 3. The fraction of sp³-hybridized carbons (Fsp3) is 0.333. The molecule has 2 aromatic carbocycles. The Bertz CT molecular complexity index is 827. The molecule has 28 heavy (non-hydrogen) atoms. The number of guanidine groups is 1. The number of carbonyl (C=O) groups is 1. The maximum Gasteiger partial charge on any atom is 0.248 e. The molecule has 0 aromatic heterocycles. The second-order valence-corrected chi connectivity index (χ2v) is 6.69. The molecule has 1 saturated heterocycles. The van der Waals surface area contributed by atoms with Crippen LogP contribution in [0.5, 0.6) is 5.75 Å². The van der Waals surface area contributed by atoms with Crippen molar-refractivity contribution < 1.29 is 9.90 Å². The Kier molecular flexibility index (Phi) is 6.37. The van der Waals surface area contributed by atoms with E-state index in [-0.39, 0.29) is 0 Å². The minimum atomic E-state index is -0.425. The lowest BCUT2D eigenvalue weighted by Gasteiger charge is -2.37. The number of aliphatic imine (C=N–C) groups is 1. The molecule has 0 bridgehead atoms. The van der Waals surface area contributed by atoms with Crippen LogP contribution in [-0.4, -0.2) is 54.6 Å². The van der Waals surface area contributed by atoms with Gasteiger partial charge in [-0.1, -0.05) is 24.3 Å². The molecule has 3 rings (SSSR count). The summed E-state index contributed by atoms with van der Waals surface area (Å²) in [6.07, 6.45) is 0. The zero-order valence-corrected chi connectivity index (χ0v) is 16.1. The van der Waals surface area contributed by atoms with E-state index in [1.165, 1.54) is 0 Å². The topological polar surface area (TPSA) is 94.2 Å². The van der Waals surface area contributed by atoms with Crippen molar-refractivity contribution in [2.24, 2.45) is 10.7 Å². The van der Waals surface area contributed by atoms with Crippen molar-refractivity contribution in [2.75, 3.05) is 37.6 Å². The molecule has 0 atom stereocenters. The van der Waals surface area contributed by atoms with Gasteiger partial charge in [0.15, 0.2) is 5.96 Å². The molecule has 1 fully saturated rings. The van der Waals surface area contributed by atoms with E-state index in [1.807, 2.05) is 30.3 Å². The molecule has 1 amide bonds. The average molecular weight is 381 g/mol. The second kappa shape index (κ2) is 9.12. The highest BCUT2D eigenvalue weighted by molar-refractivity contribution is 5.92. The number of para-hydroxylation sites is 2. The zero-order valence-electron chi connectivity index (χ0n) is 16.1. The molecule has 2 aromatic rings. The number of aromatic hydroxyl groups is 1. The third-order valence-electron chi connectivity index (χ3n) is 4.79. The fourth-order valence-corrected chi connectivity index (χ4v) is 3.26. The molecule has 0 aliphatic carbocycles. The summed E-state index contributed by atoms with van der Waals surface area (Å²) < 4.78 is 0. The van der Waals surface area contributed by atoms with Gasteiger partial charge in [0.25, 0.3) is 0 Å². The van der Waals surface area contributed by atoms with E-state index >= 15 is 0 Å². The number of nitrogens with two attached hydrogens (primary N) is 1. The minimum Gasteiger partial charge on any atom is -0.506 e. The number of hydrogen-bond acceptors (Lipinski definition) is 4. The zero-order chi connectivity index (χ0) is 19.9. The van der Waals surface area contributed by atoms with Gasteiger partial charge in [0.05, 0.1) is 12.2 Å². The third kappa shape index (κ3) is 4.73. The van der Waals surface area contributed by atoms with Crippen molar-refractivity contribution >= 4 is 17.6 Å². The molecule has 0 unspecified atom stereocenters. The van der Waals surface area contributed by atoms with Gasteiger partial charge in [-0.3, -0.25) is 4.79 Å². The molecule has 1 aliphatic heterocycles. The summed E-state index contributed by atoms with van der Waals surface area (Å²) in [6, 6.07) is 14.7. The van der Waals surface area contributed by atoms with Gasteiger partial charge in [0, 0.05) is 38.3 Å². The van der Waals surface area contributed by atoms with Crippen LogP contribution in [0.4, 0.5) is 5.69 Å². The van der Waals surface area contributed by atoms with Crippen molar-refractivity contribution in [3.8, 4) is 5.75 Å². The number of carbonyl (C=O) groups excluding carboxylic acids is 1. The maximum absolute atomic E-state index is 11.2. The monoisotopic (exact) mass is 381 g/mol. The standard InChI is InChI=1S/C21H27N5O2/c1-2-23-21(24-15-16-7-9-17(10-8-16)20(22)28)26-13-11-25(12-14-26)18-5-3-4-6-19(18)27/h3-10,27H,2,11-15H2,1H3,(H2,22,28)(H,23,24). The largest absolute Gasteiger partial charge is 0.506 e.